The van der Waals surface area contributed by atoms with Crippen LogP contribution < -0.4 is 10.7 Å². The third-order valence-electron chi connectivity index (χ3n) is 2.97. The number of piperidine rings is 1. The van der Waals surface area contributed by atoms with Gasteiger partial charge in [0.25, 0.3) is 5.91 Å². The molecule has 2 rings (SSSR count). The molecule has 1 aliphatic heterocycles. The molecule has 0 aromatic heterocycles. The van der Waals surface area contributed by atoms with Crippen LogP contribution in [0.3, 0.4) is 0 Å². The molecule has 0 unspecified atom stereocenters. The summed E-state index contributed by atoms with van der Waals surface area (Å²) in [7, 11) is 0. The Hall–Kier alpha value is -1.30. The van der Waals surface area contributed by atoms with Crippen molar-refractivity contribution in [3.8, 4) is 0 Å². The van der Waals surface area contributed by atoms with Crippen molar-refractivity contribution < 1.29 is 4.79 Å². The summed E-state index contributed by atoms with van der Waals surface area (Å²) in [6.45, 7) is 1.55. The monoisotopic (exact) mass is 316 g/mol. The third-order valence-corrected chi connectivity index (χ3v) is 3.41. The summed E-state index contributed by atoms with van der Waals surface area (Å²) in [6.07, 6.45) is 1.77. The van der Waals surface area contributed by atoms with Gasteiger partial charge in [-0.2, -0.15) is 0 Å². The highest BCUT2D eigenvalue weighted by Crippen LogP contribution is 2.13. The van der Waals surface area contributed by atoms with Crippen LogP contribution in [0.4, 0.5) is 0 Å². The number of guanidine groups is 1. The molecule has 0 bridgehead atoms. The summed E-state index contributed by atoms with van der Waals surface area (Å²) in [5.41, 5.74) is 3.40. The largest absolute Gasteiger partial charge is 0.292 e. The van der Waals surface area contributed by atoms with E-state index in [1.165, 1.54) is 0 Å². The smallest absolute Gasteiger partial charge is 0.257 e. The summed E-state index contributed by atoms with van der Waals surface area (Å²) in [5, 5.41) is 12.4. The molecule has 1 aromatic rings. The second-order valence-electron chi connectivity index (χ2n) is 4.47. The molecule has 20 heavy (non-hydrogen) atoms. The van der Waals surface area contributed by atoms with Crippen LogP contribution in [0.2, 0.25) is 0 Å². The molecule has 1 aliphatic rings. The first-order valence-corrected chi connectivity index (χ1v) is 6.69. The Bertz CT molecular complexity index is 447. The molecule has 1 heterocycles. The first-order valence-electron chi connectivity index (χ1n) is 6.26. The Kier molecular flexibility index (Phi) is 6.78. The van der Waals surface area contributed by atoms with Crippen LogP contribution in [0.15, 0.2) is 30.3 Å². The molecule has 7 heteroatoms. The first kappa shape index (κ1) is 16.8. The third kappa shape index (κ3) is 5.00. The number of carbonyl (C=O) groups excluding carboxylic acids is 1. The van der Waals surface area contributed by atoms with E-state index in [9.17, 15) is 4.79 Å². The van der Waals surface area contributed by atoms with E-state index in [0.29, 0.717) is 5.56 Å². The lowest BCUT2D eigenvalue weighted by Gasteiger charge is -2.30. The Morgan fingerprint density at radius 2 is 1.85 bits per heavy atom. The molecule has 0 aliphatic carbocycles. The number of hydrogen-bond donors (Lipinski definition) is 3. The number of nitrogens with zero attached hydrogens (tertiary/aromatic N) is 1. The first-order chi connectivity index (χ1) is 9.15. The lowest BCUT2D eigenvalue weighted by atomic mass is 10.1. The van der Waals surface area contributed by atoms with Crippen molar-refractivity contribution in [3.63, 3.8) is 0 Å². The second-order valence-corrected chi connectivity index (χ2v) is 5.09. The molecular formula is C13H18Cl2N4O. The average molecular weight is 317 g/mol. The van der Waals surface area contributed by atoms with Gasteiger partial charge in [-0.15, -0.1) is 24.0 Å². The van der Waals surface area contributed by atoms with Gasteiger partial charge in [0.1, 0.15) is 0 Å². The lowest BCUT2D eigenvalue weighted by Crippen LogP contribution is -2.52. The van der Waals surface area contributed by atoms with E-state index in [4.69, 9.17) is 17.0 Å². The molecule has 110 valence electrons. The number of nitrogens with one attached hydrogen (secondary N) is 3. The minimum atomic E-state index is -0.287. The Balaban J connectivity index is 0.00000200. The van der Waals surface area contributed by atoms with Gasteiger partial charge >= 0.3 is 0 Å². The van der Waals surface area contributed by atoms with E-state index >= 15 is 0 Å². The molecule has 1 aromatic carbocycles. The predicted octanol–water partition coefficient (Wildman–Crippen LogP) is 1.98. The maximum atomic E-state index is 11.8. The van der Waals surface area contributed by atoms with Gasteiger partial charge in [0.2, 0.25) is 5.96 Å². The Morgan fingerprint density at radius 3 is 2.45 bits per heavy atom. The van der Waals surface area contributed by atoms with Gasteiger partial charge in [0.15, 0.2) is 0 Å². The van der Waals surface area contributed by atoms with Crippen molar-refractivity contribution in [1.82, 2.24) is 15.8 Å². The van der Waals surface area contributed by atoms with Crippen molar-refractivity contribution in [2.45, 2.75) is 18.2 Å². The maximum Gasteiger partial charge on any atom is 0.257 e. The van der Waals surface area contributed by atoms with Gasteiger partial charge in [0.05, 0.1) is 0 Å². The fourth-order valence-electron chi connectivity index (χ4n) is 1.92. The van der Waals surface area contributed by atoms with E-state index in [2.05, 4.69) is 10.7 Å². The van der Waals surface area contributed by atoms with Crippen LogP contribution in [0.5, 0.6) is 0 Å². The van der Waals surface area contributed by atoms with Crippen LogP contribution in [-0.2, 0) is 0 Å². The number of rotatable bonds is 2. The minimum Gasteiger partial charge on any atom is -0.292 e. The second kappa shape index (κ2) is 8.09. The van der Waals surface area contributed by atoms with Crippen molar-refractivity contribution in [2.24, 2.45) is 0 Å². The molecule has 0 spiro atoms. The zero-order chi connectivity index (χ0) is 13.7. The number of halogens is 2. The van der Waals surface area contributed by atoms with Gasteiger partial charge in [-0.05, 0) is 25.0 Å². The minimum absolute atomic E-state index is 0. The van der Waals surface area contributed by atoms with Gasteiger partial charge in [0, 0.05) is 24.0 Å². The summed E-state index contributed by atoms with van der Waals surface area (Å²) in [5.74, 6) is -0.299. The highest BCUT2D eigenvalue weighted by Gasteiger charge is 2.18. The van der Waals surface area contributed by atoms with Gasteiger partial charge in [-0.1, -0.05) is 18.2 Å². The van der Waals surface area contributed by atoms with E-state index in [1.807, 2.05) is 11.1 Å². The van der Waals surface area contributed by atoms with Crippen LogP contribution in [-0.4, -0.2) is 35.3 Å². The Labute approximate surface area is 129 Å². The van der Waals surface area contributed by atoms with Gasteiger partial charge in [-0.3, -0.25) is 20.9 Å². The molecule has 0 radical (unpaired) electrons. The summed E-state index contributed by atoms with van der Waals surface area (Å²) in [6, 6.07) is 8.84. The number of carbonyl (C=O) groups is 1. The number of alkyl halides is 1. The maximum absolute atomic E-state index is 11.8. The van der Waals surface area contributed by atoms with Gasteiger partial charge < -0.3 is 0 Å². The zero-order valence-electron chi connectivity index (χ0n) is 10.9. The van der Waals surface area contributed by atoms with E-state index < -0.39 is 0 Å². The SMILES string of the molecule is Cl.N=C(NC(=O)c1ccccc1)NN1CCC(Cl)CC1. The van der Waals surface area contributed by atoms with E-state index in [0.717, 1.165) is 25.9 Å². The predicted molar refractivity (Wildman–Crippen MR) is 82.5 cm³/mol. The highest BCUT2D eigenvalue weighted by molar-refractivity contribution is 6.20. The number of amides is 1. The van der Waals surface area contributed by atoms with Gasteiger partial charge in [-0.25, -0.2) is 5.01 Å². The molecule has 0 atom stereocenters. The van der Waals surface area contributed by atoms with E-state index in [-0.39, 0.29) is 29.7 Å². The molecule has 1 fully saturated rings. The standard InChI is InChI=1S/C13H17ClN4O.ClH/c14-11-6-8-18(9-7-11)17-13(15)16-12(19)10-4-2-1-3-5-10;/h1-5,11H,6-9H2,(H3,15,16,17,19);1H. The molecule has 0 saturated carbocycles. The molecule has 5 nitrogen and oxygen atoms in total. The molecule has 3 N–H and O–H groups in total. The van der Waals surface area contributed by atoms with Crippen molar-refractivity contribution in [2.75, 3.05) is 13.1 Å². The molecule has 1 saturated heterocycles. The summed E-state index contributed by atoms with van der Waals surface area (Å²) in [4.78, 5) is 11.8. The van der Waals surface area contributed by atoms with E-state index in [1.54, 1.807) is 24.3 Å². The quantitative estimate of drug-likeness (QED) is 0.444. The molecular weight excluding hydrogens is 299 g/mol. The van der Waals surface area contributed by atoms with Crippen LogP contribution in [0.1, 0.15) is 23.2 Å². The highest BCUT2D eigenvalue weighted by atomic mass is 35.5. The van der Waals surface area contributed by atoms with Crippen LogP contribution >= 0.6 is 24.0 Å². The van der Waals surface area contributed by atoms with Crippen LogP contribution in [0, 0.1) is 5.41 Å². The molecule has 1 amide bonds. The topological polar surface area (TPSA) is 68.2 Å². The van der Waals surface area contributed by atoms with Crippen molar-refractivity contribution >= 4 is 35.9 Å². The normalized spacial score (nSPS) is 16.1. The number of hydrogen-bond acceptors (Lipinski definition) is 3. The fraction of sp³-hybridized carbons (Fsp3) is 0.385. The zero-order valence-corrected chi connectivity index (χ0v) is 12.5. The number of benzene rings is 1. The lowest BCUT2D eigenvalue weighted by molar-refractivity contribution is 0.0971. The Morgan fingerprint density at radius 1 is 1.25 bits per heavy atom. The average Bonchev–Trinajstić information content (AvgIpc) is 2.42. The summed E-state index contributed by atoms with van der Waals surface area (Å²) < 4.78 is 0. The van der Waals surface area contributed by atoms with Crippen LogP contribution in [0.25, 0.3) is 0 Å². The fourth-order valence-corrected chi connectivity index (χ4v) is 2.12. The summed E-state index contributed by atoms with van der Waals surface area (Å²) >= 11 is 6.01. The van der Waals surface area contributed by atoms with Crippen molar-refractivity contribution in [1.29, 1.82) is 5.41 Å². The van der Waals surface area contributed by atoms with Crippen molar-refractivity contribution in [3.05, 3.63) is 35.9 Å². The number of hydrazine groups is 1.